The largest absolute Gasteiger partial charge is 0.350 e. The number of carbonyl (C=O) groups is 2. The lowest BCUT2D eigenvalue weighted by Gasteiger charge is -2.35. The molecule has 4 aromatic rings. The summed E-state index contributed by atoms with van der Waals surface area (Å²) < 4.78 is 29.7. The van der Waals surface area contributed by atoms with E-state index in [9.17, 15) is 18.0 Å². The number of carbonyl (C=O) groups excluding carboxylic acids is 2. The Labute approximate surface area is 284 Å². The number of nitrogens with zero attached hydrogens (tertiary/aromatic N) is 2. The predicted molar refractivity (Wildman–Crippen MR) is 190 cm³/mol. The molecule has 9 heteroatoms. The zero-order chi connectivity index (χ0) is 34.4. The van der Waals surface area contributed by atoms with Crippen LogP contribution in [0.1, 0.15) is 62.8 Å². The SMILES string of the molecule is Cc1ccc(S(=O)(=O)N(CC(=O)N(Cc2cccc(Cl)c2)C(Cc2ccccc2)C(=O)NC(C)(C)C)c2ccc(C(C)C)cc2)cc1. The molecule has 2 amide bonds. The predicted octanol–water partition coefficient (Wildman–Crippen LogP) is 7.52. The molecule has 0 aliphatic heterocycles. The van der Waals surface area contributed by atoms with Crippen LogP contribution in [0.15, 0.2) is 108 Å². The summed E-state index contributed by atoms with van der Waals surface area (Å²) in [5.41, 5.74) is 3.30. The molecule has 0 saturated carbocycles. The van der Waals surface area contributed by atoms with E-state index < -0.39 is 34.1 Å². The van der Waals surface area contributed by atoms with Gasteiger partial charge in [-0.05, 0) is 86.7 Å². The van der Waals surface area contributed by atoms with Gasteiger partial charge in [-0.25, -0.2) is 8.42 Å². The number of hydrogen-bond donors (Lipinski definition) is 1. The number of halogens is 1. The molecule has 0 fully saturated rings. The Morgan fingerprint density at radius 2 is 1.45 bits per heavy atom. The Hall–Kier alpha value is -4.14. The second-order valence-corrected chi connectivity index (χ2v) is 15.5. The molecule has 4 aromatic carbocycles. The molecule has 7 nitrogen and oxygen atoms in total. The molecule has 0 aliphatic rings. The number of aryl methyl sites for hydroxylation is 1. The summed E-state index contributed by atoms with van der Waals surface area (Å²) in [5.74, 6) is -0.634. The number of hydrogen-bond acceptors (Lipinski definition) is 4. The van der Waals surface area contributed by atoms with Crippen LogP contribution in [0.5, 0.6) is 0 Å². The first-order chi connectivity index (χ1) is 22.1. The van der Waals surface area contributed by atoms with Gasteiger partial charge in [-0.3, -0.25) is 13.9 Å². The minimum Gasteiger partial charge on any atom is -0.350 e. The Morgan fingerprint density at radius 1 is 0.830 bits per heavy atom. The van der Waals surface area contributed by atoms with Gasteiger partial charge in [0.25, 0.3) is 10.0 Å². The number of sulfonamides is 1. The van der Waals surface area contributed by atoms with E-state index in [1.807, 2.05) is 76.2 Å². The van der Waals surface area contributed by atoms with E-state index in [1.54, 1.807) is 54.6 Å². The average Bonchev–Trinajstić information content (AvgIpc) is 3.01. The van der Waals surface area contributed by atoms with Gasteiger partial charge in [0.15, 0.2) is 0 Å². The molecule has 0 radical (unpaired) electrons. The van der Waals surface area contributed by atoms with E-state index in [2.05, 4.69) is 19.2 Å². The van der Waals surface area contributed by atoms with Crippen molar-refractivity contribution in [2.75, 3.05) is 10.8 Å². The maximum atomic E-state index is 14.6. The van der Waals surface area contributed by atoms with E-state index in [1.165, 1.54) is 4.90 Å². The van der Waals surface area contributed by atoms with Crippen molar-refractivity contribution in [3.8, 4) is 0 Å². The van der Waals surface area contributed by atoms with Gasteiger partial charge >= 0.3 is 0 Å². The van der Waals surface area contributed by atoms with Crippen molar-refractivity contribution in [1.29, 1.82) is 0 Å². The molecule has 1 N–H and O–H groups in total. The highest BCUT2D eigenvalue weighted by Crippen LogP contribution is 2.27. The van der Waals surface area contributed by atoms with Gasteiger partial charge in [-0.1, -0.05) is 97.7 Å². The van der Waals surface area contributed by atoms with Gasteiger partial charge in [-0.15, -0.1) is 0 Å². The Bertz CT molecular complexity index is 1770. The lowest BCUT2D eigenvalue weighted by Crippen LogP contribution is -2.56. The van der Waals surface area contributed by atoms with Gasteiger partial charge in [0.2, 0.25) is 11.8 Å². The fourth-order valence-electron chi connectivity index (χ4n) is 5.23. The molecule has 0 aromatic heterocycles. The van der Waals surface area contributed by atoms with E-state index in [4.69, 9.17) is 11.6 Å². The molecule has 0 bridgehead atoms. The summed E-state index contributed by atoms with van der Waals surface area (Å²) in [6.45, 7) is 11.2. The van der Waals surface area contributed by atoms with E-state index >= 15 is 0 Å². The quantitative estimate of drug-likeness (QED) is 0.169. The maximum absolute atomic E-state index is 14.6. The third-order valence-corrected chi connectivity index (χ3v) is 9.77. The fourth-order valence-corrected chi connectivity index (χ4v) is 6.86. The van der Waals surface area contributed by atoms with Crippen molar-refractivity contribution in [1.82, 2.24) is 10.2 Å². The highest BCUT2D eigenvalue weighted by Gasteiger charge is 2.35. The first kappa shape index (κ1) is 35.7. The van der Waals surface area contributed by atoms with Crippen LogP contribution >= 0.6 is 11.6 Å². The van der Waals surface area contributed by atoms with E-state index in [0.29, 0.717) is 16.3 Å². The Balaban J connectivity index is 1.83. The van der Waals surface area contributed by atoms with Gasteiger partial charge < -0.3 is 10.2 Å². The van der Waals surface area contributed by atoms with Crippen LogP contribution in [0.4, 0.5) is 5.69 Å². The van der Waals surface area contributed by atoms with Gasteiger partial charge in [0, 0.05) is 23.5 Å². The summed E-state index contributed by atoms with van der Waals surface area (Å²) >= 11 is 6.33. The van der Waals surface area contributed by atoms with Crippen molar-refractivity contribution in [3.05, 3.63) is 130 Å². The van der Waals surface area contributed by atoms with E-state index in [0.717, 1.165) is 21.0 Å². The van der Waals surface area contributed by atoms with Crippen molar-refractivity contribution in [3.63, 3.8) is 0 Å². The van der Waals surface area contributed by atoms with Crippen LogP contribution in [-0.4, -0.2) is 43.3 Å². The zero-order valence-electron chi connectivity index (χ0n) is 27.9. The van der Waals surface area contributed by atoms with Gasteiger partial charge in [0.05, 0.1) is 10.6 Å². The van der Waals surface area contributed by atoms with Crippen LogP contribution in [0, 0.1) is 6.92 Å². The van der Waals surface area contributed by atoms with Gasteiger partial charge in [0.1, 0.15) is 12.6 Å². The molecule has 248 valence electrons. The van der Waals surface area contributed by atoms with Crippen LogP contribution in [0.2, 0.25) is 5.02 Å². The van der Waals surface area contributed by atoms with Crippen molar-refractivity contribution in [2.24, 2.45) is 0 Å². The monoisotopic (exact) mass is 673 g/mol. The fraction of sp³-hybridized carbons (Fsp3) is 0.316. The molecule has 1 unspecified atom stereocenters. The van der Waals surface area contributed by atoms with Crippen LogP contribution < -0.4 is 9.62 Å². The lowest BCUT2D eigenvalue weighted by atomic mass is 10.0. The number of nitrogens with one attached hydrogen (secondary N) is 1. The van der Waals surface area contributed by atoms with Crippen LogP contribution in [0.25, 0.3) is 0 Å². The number of anilines is 1. The maximum Gasteiger partial charge on any atom is 0.264 e. The second-order valence-electron chi connectivity index (χ2n) is 13.2. The third-order valence-electron chi connectivity index (χ3n) is 7.75. The summed E-state index contributed by atoms with van der Waals surface area (Å²) in [7, 11) is -4.18. The Morgan fingerprint density at radius 3 is 2.02 bits per heavy atom. The molecule has 4 rings (SSSR count). The minimum absolute atomic E-state index is 0.0408. The molecule has 0 spiro atoms. The molecular formula is C38H44ClN3O4S. The number of benzene rings is 4. The van der Waals surface area contributed by atoms with Gasteiger partial charge in [-0.2, -0.15) is 0 Å². The summed E-state index contributed by atoms with van der Waals surface area (Å²) in [5, 5.41) is 3.53. The summed E-state index contributed by atoms with van der Waals surface area (Å²) in [6, 6.07) is 29.4. The molecule has 0 aliphatic carbocycles. The first-order valence-corrected chi connectivity index (χ1v) is 17.5. The van der Waals surface area contributed by atoms with Crippen molar-refractivity contribution in [2.45, 2.75) is 76.9 Å². The summed E-state index contributed by atoms with van der Waals surface area (Å²) in [4.78, 5) is 30.2. The molecule has 1 atom stereocenters. The summed E-state index contributed by atoms with van der Waals surface area (Å²) in [6.07, 6.45) is 0.225. The van der Waals surface area contributed by atoms with Crippen molar-refractivity contribution < 1.29 is 18.0 Å². The standard InChI is InChI=1S/C38H44ClN3O4S/c1-27(2)31-17-19-33(20-18-31)42(47(45,46)34-21-15-28(3)16-22-34)26-36(43)41(25-30-13-10-14-32(39)23-30)35(37(44)40-38(4,5)6)24-29-11-8-7-9-12-29/h7-23,27,35H,24-26H2,1-6H3,(H,40,44). The average molecular weight is 674 g/mol. The molecule has 0 heterocycles. The highest BCUT2D eigenvalue weighted by molar-refractivity contribution is 7.92. The van der Waals surface area contributed by atoms with Crippen LogP contribution in [0.3, 0.4) is 0 Å². The normalized spacial score (nSPS) is 12.4. The lowest BCUT2D eigenvalue weighted by molar-refractivity contribution is -0.140. The smallest absolute Gasteiger partial charge is 0.264 e. The molecule has 0 saturated heterocycles. The third kappa shape index (κ3) is 9.69. The Kier molecular flexibility index (Phi) is 11.5. The second kappa shape index (κ2) is 15.2. The number of rotatable bonds is 12. The topological polar surface area (TPSA) is 86.8 Å². The zero-order valence-corrected chi connectivity index (χ0v) is 29.5. The first-order valence-electron chi connectivity index (χ1n) is 15.7. The van der Waals surface area contributed by atoms with Crippen molar-refractivity contribution >= 4 is 39.1 Å². The van der Waals surface area contributed by atoms with E-state index in [-0.39, 0.29) is 29.7 Å². The minimum atomic E-state index is -4.18. The molecular weight excluding hydrogens is 630 g/mol. The highest BCUT2D eigenvalue weighted by atomic mass is 35.5. The van der Waals surface area contributed by atoms with Crippen LogP contribution in [-0.2, 0) is 32.6 Å². The molecule has 47 heavy (non-hydrogen) atoms. The number of amides is 2.